The van der Waals surface area contributed by atoms with E-state index < -0.39 is 0 Å². The Bertz CT molecular complexity index is 1310. The predicted octanol–water partition coefficient (Wildman–Crippen LogP) is 3.09. The number of rotatable bonds is 6. The van der Waals surface area contributed by atoms with Crippen LogP contribution in [0.3, 0.4) is 0 Å². The minimum Gasteiger partial charge on any atom is -0.497 e. The summed E-state index contributed by atoms with van der Waals surface area (Å²) in [6.45, 7) is 2.67. The van der Waals surface area contributed by atoms with E-state index in [0.717, 1.165) is 51.7 Å². The van der Waals surface area contributed by atoms with Crippen LogP contribution in [0.1, 0.15) is 0 Å². The first kappa shape index (κ1) is 22.0. The molecule has 4 heterocycles. The van der Waals surface area contributed by atoms with Gasteiger partial charge in [0.2, 0.25) is 5.91 Å². The van der Waals surface area contributed by atoms with Crippen molar-refractivity contribution in [3.63, 3.8) is 0 Å². The van der Waals surface area contributed by atoms with Crippen LogP contribution in [0.4, 0.5) is 21.9 Å². The summed E-state index contributed by atoms with van der Waals surface area (Å²) in [5.41, 5.74) is 3.55. The fourth-order valence-electron chi connectivity index (χ4n) is 4.77. The van der Waals surface area contributed by atoms with Gasteiger partial charge in [0.1, 0.15) is 12.4 Å². The van der Waals surface area contributed by atoms with Crippen LogP contribution in [0.2, 0.25) is 0 Å². The molecule has 2 amide bonds. The lowest BCUT2D eigenvalue weighted by Crippen LogP contribution is -2.60. The third-order valence-corrected chi connectivity index (χ3v) is 7.70. The van der Waals surface area contributed by atoms with Crippen LogP contribution in [-0.2, 0) is 9.53 Å². The molecule has 6 rings (SSSR count). The van der Waals surface area contributed by atoms with Gasteiger partial charge >= 0.3 is 6.09 Å². The second-order valence-electron chi connectivity index (χ2n) is 8.84. The Labute approximate surface area is 206 Å². The van der Waals surface area contributed by atoms with Crippen LogP contribution < -0.4 is 25.2 Å². The van der Waals surface area contributed by atoms with E-state index >= 15 is 0 Å². The van der Waals surface area contributed by atoms with E-state index in [9.17, 15) is 9.59 Å². The standard InChI is InChI=1S/C25H25N5O4S/c1-33-18-3-4-20-19(9-18)22(6-7-26-20)29-11-15(12-29)27-10-17-13-34-25(32)30(17)16-2-5-23-21(8-16)28-24(31)14-35-23/h2-9,15,17,27H,10-14H2,1H3,(H,28,31)/t17-/m0/s1. The number of ether oxygens (including phenoxy) is 2. The lowest BCUT2D eigenvalue weighted by molar-refractivity contribution is -0.113. The number of fused-ring (bicyclic) bond motifs is 2. The number of amides is 2. The van der Waals surface area contributed by atoms with Gasteiger partial charge in [0.05, 0.1) is 30.1 Å². The third kappa shape index (κ3) is 4.12. The van der Waals surface area contributed by atoms with Gasteiger partial charge in [-0.2, -0.15) is 0 Å². The number of carbonyl (C=O) groups excluding carboxylic acids is 2. The van der Waals surface area contributed by atoms with Crippen LogP contribution in [0.25, 0.3) is 10.9 Å². The molecule has 0 aliphatic carbocycles. The van der Waals surface area contributed by atoms with Gasteiger partial charge in [-0.05, 0) is 42.5 Å². The summed E-state index contributed by atoms with van der Waals surface area (Å²) in [5, 5.41) is 7.55. The molecular formula is C25H25N5O4S. The molecule has 0 saturated carbocycles. The van der Waals surface area contributed by atoms with Gasteiger partial charge in [-0.3, -0.25) is 14.7 Å². The van der Waals surface area contributed by atoms with E-state index in [1.54, 1.807) is 12.0 Å². The van der Waals surface area contributed by atoms with E-state index in [0.29, 0.717) is 24.9 Å². The number of cyclic esters (lactones) is 1. The van der Waals surface area contributed by atoms with Crippen molar-refractivity contribution in [1.82, 2.24) is 10.3 Å². The fraction of sp³-hybridized carbons (Fsp3) is 0.320. The summed E-state index contributed by atoms with van der Waals surface area (Å²) in [6, 6.07) is 13.9. The van der Waals surface area contributed by atoms with Crippen LogP contribution >= 0.6 is 11.8 Å². The zero-order valence-corrected chi connectivity index (χ0v) is 20.0. The smallest absolute Gasteiger partial charge is 0.414 e. The molecule has 35 heavy (non-hydrogen) atoms. The number of aromatic nitrogens is 1. The molecule has 0 radical (unpaired) electrons. The van der Waals surface area contributed by atoms with Crippen LogP contribution in [0.15, 0.2) is 53.6 Å². The monoisotopic (exact) mass is 491 g/mol. The molecular weight excluding hydrogens is 466 g/mol. The van der Waals surface area contributed by atoms with Gasteiger partial charge in [-0.15, -0.1) is 11.8 Å². The molecule has 2 fully saturated rings. The first-order valence-electron chi connectivity index (χ1n) is 11.5. The molecule has 2 saturated heterocycles. The fourth-order valence-corrected chi connectivity index (χ4v) is 5.56. The molecule has 10 heteroatoms. The number of methoxy groups -OCH3 is 1. The molecule has 0 unspecified atom stereocenters. The maximum atomic E-state index is 12.5. The molecule has 2 N–H and O–H groups in total. The third-order valence-electron chi connectivity index (χ3n) is 6.63. The Morgan fingerprint density at radius 1 is 1.20 bits per heavy atom. The molecule has 180 valence electrons. The largest absolute Gasteiger partial charge is 0.497 e. The first-order chi connectivity index (χ1) is 17.1. The van der Waals surface area contributed by atoms with Crippen molar-refractivity contribution in [3.8, 4) is 5.75 Å². The molecule has 1 aromatic heterocycles. The normalized spacial score (nSPS) is 19.9. The van der Waals surface area contributed by atoms with Crippen molar-refractivity contribution in [2.45, 2.75) is 17.0 Å². The number of nitrogens with zero attached hydrogens (tertiary/aromatic N) is 3. The quantitative estimate of drug-likeness (QED) is 0.543. The summed E-state index contributed by atoms with van der Waals surface area (Å²) in [7, 11) is 1.67. The highest BCUT2D eigenvalue weighted by atomic mass is 32.2. The van der Waals surface area contributed by atoms with E-state index in [-0.39, 0.29) is 18.0 Å². The van der Waals surface area contributed by atoms with E-state index in [4.69, 9.17) is 9.47 Å². The average Bonchev–Trinajstić information content (AvgIpc) is 3.22. The topological polar surface area (TPSA) is 96.0 Å². The Hall–Kier alpha value is -3.50. The Kier molecular flexibility index (Phi) is 5.62. The predicted molar refractivity (Wildman–Crippen MR) is 136 cm³/mol. The number of pyridine rings is 1. The second-order valence-corrected chi connectivity index (χ2v) is 9.86. The van der Waals surface area contributed by atoms with E-state index in [1.165, 1.54) is 11.8 Å². The van der Waals surface area contributed by atoms with Gasteiger partial charge in [-0.25, -0.2) is 4.79 Å². The minimum absolute atomic E-state index is 0.0307. The van der Waals surface area contributed by atoms with E-state index in [1.807, 2.05) is 48.7 Å². The van der Waals surface area contributed by atoms with Crippen molar-refractivity contribution in [2.75, 3.05) is 54.2 Å². The SMILES string of the molecule is COc1ccc2nccc(N3CC(NC[C@H]4COC(=O)N4c4ccc5c(c4)NC(=O)CS5)C3)c2c1. The summed E-state index contributed by atoms with van der Waals surface area (Å²) in [6.07, 6.45) is 1.48. The van der Waals surface area contributed by atoms with Crippen molar-refractivity contribution in [3.05, 3.63) is 48.7 Å². The minimum atomic E-state index is -0.362. The summed E-state index contributed by atoms with van der Waals surface area (Å²) in [5.74, 6) is 1.19. The Morgan fingerprint density at radius 2 is 2.09 bits per heavy atom. The summed E-state index contributed by atoms with van der Waals surface area (Å²) < 4.78 is 10.8. The molecule has 0 bridgehead atoms. The van der Waals surface area contributed by atoms with Crippen molar-refractivity contribution >= 4 is 51.7 Å². The maximum absolute atomic E-state index is 12.5. The van der Waals surface area contributed by atoms with Crippen LogP contribution in [0, 0.1) is 0 Å². The lowest BCUT2D eigenvalue weighted by atomic mass is 10.0. The number of benzene rings is 2. The highest BCUT2D eigenvalue weighted by Crippen LogP contribution is 2.36. The number of anilines is 3. The summed E-state index contributed by atoms with van der Waals surface area (Å²) in [4.78, 5) is 33.8. The second kappa shape index (κ2) is 8.94. The number of hydrogen-bond donors (Lipinski definition) is 2. The van der Waals surface area contributed by atoms with E-state index in [2.05, 4.69) is 20.5 Å². The zero-order valence-electron chi connectivity index (χ0n) is 19.2. The molecule has 9 nitrogen and oxygen atoms in total. The average molecular weight is 492 g/mol. The van der Waals surface area contributed by atoms with Crippen molar-refractivity contribution in [1.29, 1.82) is 0 Å². The molecule has 3 aromatic rings. The van der Waals surface area contributed by atoms with Crippen molar-refractivity contribution < 1.29 is 19.1 Å². The molecule has 0 spiro atoms. The Morgan fingerprint density at radius 3 is 2.94 bits per heavy atom. The number of carbonyl (C=O) groups is 2. The van der Waals surface area contributed by atoms with Gasteiger partial charge in [0.25, 0.3) is 0 Å². The highest BCUT2D eigenvalue weighted by molar-refractivity contribution is 8.00. The molecule has 1 atom stereocenters. The van der Waals surface area contributed by atoms with Gasteiger partial charge in [0, 0.05) is 53.5 Å². The van der Waals surface area contributed by atoms with Gasteiger partial charge < -0.3 is 25.0 Å². The highest BCUT2D eigenvalue weighted by Gasteiger charge is 2.36. The zero-order chi connectivity index (χ0) is 23.9. The van der Waals surface area contributed by atoms with Gasteiger partial charge in [0.15, 0.2) is 0 Å². The number of hydrogen-bond acceptors (Lipinski definition) is 8. The molecule has 2 aromatic carbocycles. The summed E-state index contributed by atoms with van der Waals surface area (Å²) >= 11 is 1.50. The number of thioether (sulfide) groups is 1. The van der Waals surface area contributed by atoms with Crippen molar-refractivity contribution in [2.24, 2.45) is 0 Å². The molecule has 3 aliphatic heterocycles. The first-order valence-corrected chi connectivity index (χ1v) is 12.5. The van der Waals surface area contributed by atoms with Gasteiger partial charge in [-0.1, -0.05) is 0 Å². The maximum Gasteiger partial charge on any atom is 0.414 e. The molecule has 3 aliphatic rings. The lowest BCUT2D eigenvalue weighted by Gasteiger charge is -2.42. The number of nitrogens with one attached hydrogen (secondary N) is 2. The van der Waals surface area contributed by atoms with Crippen LogP contribution in [-0.4, -0.2) is 68.2 Å². The van der Waals surface area contributed by atoms with Crippen LogP contribution in [0.5, 0.6) is 5.75 Å². The Balaban J connectivity index is 1.11.